The average molecular weight is 305 g/mol. The highest BCUT2D eigenvalue weighted by Crippen LogP contribution is 2.28. The van der Waals surface area contributed by atoms with Gasteiger partial charge in [0.1, 0.15) is 11.5 Å². The van der Waals surface area contributed by atoms with Gasteiger partial charge in [0.25, 0.3) is 0 Å². The van der Waals surface area contributed by atoms with Gasteiger partial charge in [0.15, 0.2) is 5.89 Å². The number of hydrogen-bond donors (Lipinski definition) is 1. The highest BCUT2D eigenvalue weighted by molar-refractivity contribution is 5.87. The van der Waals surface area contributed by atoms with Crippen LogP contribution in [0.5, 0.6) is 0 Å². The third-order valence-electron chi connectivity index (χ3n) is 4.28. The smallest absolute Gasteiger partial charge is 0.226 e. The van der Waals surface area contributed by atoms with E-state index >= 15 is 0 Å². The van der Waals surface area contributed by atoms with Gasteiger partial charge in [-0.2, -0.15) is 0 Å². The summed E-state index contributed by atoms with van der Waals surface area (Å²) >= 11 is 0. The van der Waals surface area contributed by atoms with Crippen LogP contribution in [0.3, 0.4) is 0 Å². The summed E-state index contributed by atoms with van der Waals surface area (Å²) in [6.07, 6.45) is 1.72. The fraction of sp³-hybridized carbons (Fsp3) is 0.688. The van der Waals surface area contributed by atoms with E-state index in [0.717, 1.165) is 23.8 Å². The van der Waals surface area contributed by atoms with Crippen LogP contribution < -0.4 is 5.32 Å². The zero-order valence-electron chi connectivity index (χ0n) is 13.4. The lowest BCUT2D eigenvalue weighted by molar-refractivity contribution is -0.141. The number of aromatic nitrogens is 1. The largest absolute Gasteiger partial charge is 0.445 e. The van der Waals surface area contributed by atoms with Gasteiger partial charge < -0.3 is 14.6 Å². The van der Waals surface area contributed by atoms with Gasteiger partial charge in [0, 0.05) is 37.3 Å². The molecule has 120 valence electrons. The number of carbonyl (C=O) groups is 2. The maximum atomic E-state index is 12.6. The Morgan fingerprint density at radius 2 is 2.18 bits per heavy atom. The lowest BCUT2D eigenvalue weighted by Crippen LogP contribution is -2.44. The molecule has 0 bridgehead atoms. The molecule has 0 aliphatic carbocycles. The summed E-state index contributed by atoms with van der Waals surface area (Å²) in [5, 5.41) is 2.77. The minimum absolute atomic E-state index is 0.0289. The molecule has 0 aromatic carbocycles. The first-order valence-corrected chi connectivity index (χ1v) is 7.89. The third-order valence-corrected chi connectivity index (χ3v) is 4.28. The summed E-state index contributed by atoms with van der Waals surface area (Å²) in [6, 6.07) is 0. The fourth-order valence-corrected chi connectivity index (χ4v) is 2.96. The number of amides is 2. The Morgan fingerprint density at radius 1 is 1.41 bits per heavy atom. The van der Waals surface area contributed by atoms with E-state index in [4.69, 9.17) is 4.42 Å². The van der Waals surface area contributed by atoms with Gasteiger partial charge in [-0.3, -0.25) is 9.59 Å². The van der Waals surface area contributed by atoms with Gasteiger partial charge in [-0.15, -0.1) is 0 Å². The van der Waals surface area contributed by atoms with Crippen LogP contribution in [0.25, 0.3) is 0 Å². The first-order chi connectivity index (χ1) is 10.3. The summed E-state index contributed by atoms with van der Waals surface area (Å²) in [5.41, 5.74) is 0.734. The van der Waals surface area contributed by atoms with Crippen molar-refractivity contribution in [2.45, 2.75) is 52.0 Å². The normalized spacial score (nSPS) is 22.2. The average Bonchev–Trinajstić information content (AvgIpc) is 2.89. The van der Waals surface area contributed by atoms with Crippen LogP contribution in [0, 0.1) is 5.92 Å². The van der Waals surface area contributed by atoms with Gasteiger partial charge in [-0.25, -0.2) is 4.98 Å². The van der Waals surface area contributed by atoms with Crippen LogP contribution in [0.1, 0.15) is 51.0 Å². The van der Waals surface area contributed by atoms with E-state index in [0.29, 0.717) is 32.5 Å². The molecule has 0 saturated carbocycles. The summed E-state index contributed by atoms with van der Waals surface area (Å²) in [4.78, 5) is 30.5. The molecule has 0 radical (unpaired) electrons. The maximum absolute atomic E-state index is 12.6. The molecule has 22 heavy (non-hydrogen) atoms. The summed E-state index contributed by atoms with van der Waals surface area (Å²) in [7, 11) is 0. The van der Waals surface area contributed by atoms with Gasteiger partial charge in [-0.1, -0.05) is 20.8 Å². The van der Waals surface area contributed by atoms with E-state index in [2.05, 4.69) is 31.1 Å². The van der Waals surface area contributed by atoms with Gasteiger partial charge in [-0.05, 0) is 6.42 Å². The standard InChI is InChI=1S/C16H23N3O3/c1-16(2,3)15-18-11-9-19(7-5-12(11)22-15)14(21)10-4-6-17-13(20)8-10/h10H,4-9H2,1-3H3,(H,17,20). The minimum Gasteiger partial charge on any atom is -0.445 e. The van der Waals surface area contributed by atoms with E-state index in [9.17, 15) is 9.59 Å². The summed E-state index contributed by atoms with van der Waals surface area (Å²) in [6.45, 7) is 7.91. The zero-order chi connectivity index (χ0) is 15.9. The SMILES string of the molecule is CC(C)(C)c1nc2c(o1)CCN(C(=O)C1CCNC(=O)C1)C2. The fourth-order valence-electron chi connectivity index (χ4n) is 2.96. The first-order valence-electron chi connectivity index (χ1n) is 7.89. The zero-order valence-corrected chi connectivity index (χ0v) is 13.4. The molecule has 1 aromatic heterocycles. The van der Waals surface area contributed by atoms with Crippen LogP contribution in [0.15, 0.2) is 4.42 Å². The van der Waals surface area contributed by atoms with Crippen LogP contribution in [0.4, 0.5) is 0 Å². The number of carbonyl (C=O) groups excluding carboxylic acids is 2. The molecule has 3 heterocycles. The van der Waals surface area contributed by atoms with Gasteiger partial charge >= 0.3 is 0 Å². The molecular weight excluding hydrogens is 282 g/mol. The summed E-state index contributed by atoms with van der Waals surface area (Å²) < 4.78 is 5.85. The van der Waals surface area contributed by atoms with Crippen molar-refractivity contribution < 1.29 is 14.0 Å². The van der Waals surface area contributed by atoms with Crippen LogP contribution in [0.2, 0.25) is 0 Å². The molecule has 1 aromatic rings. The lowest BCUT2D eigenvalue weighted by atomic mass is 9.95. The Labute approximate surface area is 130 Å². The van der Waals surface area contributed by atoms with E-state index in [-0.39, 0.29) is 23.1 Å². The van der Waals surface area contributed by atoms with E-state index < -0.39 is 0 Å². The predicted octanol–water partition coefficient (Wildman–Crippen LogP) is 1.38. The Bertz CT molecular complexity index is 600. The molecule has 2 aliphatic heterocycles. The quantitative estimate of drug-likeness (QED) is 0.850. The topological polar surface area (TPSA) is 75.4 Å². The Kier molecular flexibility index (Phi) is 3.70. The Morgan fingerprint density at radius 3 is 2.86 bits per heavy atom. The first kappa shape index (κ1) is 15.1. The molecule has 3 rings (SSSR count). The molecule has 1 N–H and O–H groups in total. The molecule has 6 heteroatoms. The monoisotopic (exact) mass is 305 g/mol. The van der Waals surface area contributed by atoms with Crippen LogP contribution >= 0.6 is 0 Å². The van der Waals surface area contributed by atoms with Crippen molar-refractivity contribution >= 4 is 11.8 Å². The number of piperidine rings is 1. The van der Waals surface area contributed by atoms with E-state index in [1.54, 1.807) is 0 Å². The highest BCUT2D eigenvalue weighted by atomic mass is 16.4. The van der Waals surface area contributed by atoms with Crippen molar-refractivity contribution in [3.05, 3.63) is 17.3 Å². The van der Waals surface area contributed by atoms with E-state index in [1.807, 2.05) is 4.90 Å². The minimum atomic E-state index is -0.190. The van der Waals surface area contributed by atoms with Crippen molar-refractivity contribution in [1.29, 1.82) is 0 Å². The van der Waals surface area contributed by atoms with Crippen molar-refractivity contribution in [3.8, 4) is 0 Å². The molecule has 6 nitrogen and oxygen atoms in total. The van der Waals surface area contributed by atoms with Gasteiger partial charge in [0.2, 0.25) is 11.8 Å². The number of oxazole rings is 1. The molecule has 0 spiro atoms. The highest BCUT2D eigenvalue weighted by Gasteiger charge is 2.33. The molecule has 2 amide bonds. The number of hydrogen-bond acceptors (Lipinski definition) is 4. The molecular formula is C16H23N3O3. The van der Waals surface area contributed by atoms with Gasteiger partial charge in [0.05, 0.1) is 6.54 Å². The Balaban J connectivity index is 1.72. The number of nitrogens with zero attached hydrogens (tertiary/aromatic N) is 2. The summed E-state index contributed by atoms with van der Waals surface area (Å²) in [5.74, 6) is 1.48. The van der Waals surface area contributed by atoms with Crippen molar-refractivity contribution in [2.75, 3.05) is 13.1 Å². The molecule has 1 saturated heterocycles. The maximum Gasteiger partial charge on any atom is 0.226 e. The molecule has 2 aliphatic rings. The predicted molar refractivity (Wildman–Crippen MR) is 80.1 cm³/mol. The number of rotatable bonds is 1. The third kappa shape index (κ3) is 2.87. The second-order valence-corrected chi connectivity index (χ2v) is 7.19. The lowest BCUT2D eigenvalue weighted by Gasteiger charge is -2.30. The van der Waals surface area contributed by atoms with E-state index in [1.165, 1.54) is 0 Å². The van der Waals surface area contributed by atoms with Crippen molar-refractivity contribution in [2.24, 2.45) is 5.92 Å². The van der Waals surface area contributed by atoms with Crippen LogP contribution in [-0.4, -0.2) is 34.8 Å². The second-order valence-electron chi connectivity index (χ2n) is 7.19. The molecule has 1 unspecified atom stereocenters. The number of nitrogens with one attached hydrogen (secondary N) is 1. The van der Waals surface area contributed by atoms with Crippen LogP contribution in [-0.2, 0) is 28.0 Å². The Hall–Kier alpha value is -1.85. The molecule has 1 fully saturated rings. The van der Waals surface area contributed by atoms with Crippen molar-refractivity contribution in [1.82, 2.24) is 15.2 Å². The number of fused-ring (bicyclic) bond motifs is 1. The second kappa shape index (κ2) is 5.41. The molecule has 1 atom stereocenters. The van der Waals surface area contributed by atoms with Crippen molar-refractivity contribution in [3.63, 3.8) is 0 Å².